The molecule has 0 aromatic heterocycles. The standard InChI is InChI=1S/C13H23NO3/c1-4-17-11(15)9-14-12(16)13(10(2)3)7-5-6-8-13/h10H,4-9H2,1-3H3,(H,14,16). The molecule has 0 radical (unpaired) electrons. The van der Waals surface area contributed by atoms with E-state index in [0.717, 1.165) is 25.7 Å². The van der Waals surface area contributed by atoms with Gasteiger partial charge in [-0.25, -0.2) is 0 Å². The third-order valence-electron chi connectivity index (χ3n) is 3.75. The van der Waals surface area contributed by atoms with Crippen LogP contribution in [0.25, 0.3) is 0 Å². The molecular formula is C13H23NO3. The SMILES string of the molecule is CCOC(=O)CNC(=O)C1(C(C)C)CCCC1. The molecule has 1 amide bonds. The van der Waals surface area contributed by atoms with E-state index in [2.05, 4.69) is 19.2 Å². The Hall–Kier alpha value is -1.06. The molecule has 1 fully saturated rings. The predicted molar refractivity (Wildman–Crippen MR) is 65.4 cm³/mol. The van der Waals surface area contributed by atoms with Crippen LogP contribution in [0, 0.1) is 11.3 Å². The number of rotatable bonds is 5. The van der Waals surface area contributed by atoms with Crippen molar-refractivity contribution in [1.29, 1.82) is 0 Å². The Morgan fingerprint density at radius 1 is 1.29 bits per heavy atom. The van der Waals surface area contributed by atoms with Crippen LogP contribution >= 0.6 is 0 Å². The molecule has 0 aliphatic heterocycles. The van der Waals surface area contributed by atoms with Crippen molar-refractivity contribution in [3.05, 3.63) is 0 Å². The van der Waals surface area contributed by atoms with Crippen molar-refractivity contribution >= 4 is 11.9 Å². The molecule has 17 heavy (non-hydrogen) atoms. The lowest BCUT2D eigenvalue weighted by molar-refractivity contribution is -0.145. The van der Waals surface area contributed by atoms with Crippen molar-refractivity contribution in [2.75, 3.05) is 13.2 Å². The summed E-state index contributed by atoms with van der Waals surface area (Å²) in [5.74, 6) is -0.0389. The van der Waals surface area contributed by atoms with Gasteiger partial charge >= 0.3 is 5.97 Å². The van der Waals surface area contributed by atoms with E-state index in [1.165, 1.54) is 0 Å². The van der Waals surface area contributed by atoms with Crippen molar-refractivity contribution < 1.29 is 14.3 Å². The van der Waals surface area contributed by atoms with Gasteiger partial charge in [0.05, 0.1) is 12.0 Å². The van der Waals surface area contributed by atoms with Gasteiger partial charge in [0.15, 0.2) is 0 Å². The highest BCUT2D eigenvalue weighted by atomic mass is 16.5. The van der Waals surface area contributed by atoms with Crippen LogP contribution in [0.2, 0.25) is 0 Å². The quantitative estimate of drug-likeness (QED) is 0.748. The second-order valence-electron chi connectivity index (χ2n) is 5.01. The van der Waals surface area contributed by atoms with Gasteiger partial charge in [-0.15, -0.1) is 0 Å². The van der Waals surface area contributed by atoms with E-state index in [9.17, 15) is 9.59 Å². The fraction of sp³-hybridized carbons (Fsp3) is 0.846. The lowest BCUT2D eigenvalue weighted by Gasteiger charge is -2.31. The topological polar surface area (TPSA) is 55.4 Å². The van der Waals surface area contributed by atoms with E-state index in [1.807, 2.05) is 0 Å². The monoisotopic (exact) mass is 241 g/mol. The fourth-order valence-electron chi connectivity index (χ4n) is 2.61. The number of esters is 1. The molecule has 4 nitrogen and oxygen atoms in total. The Bertz CT molecular complexity index is 280. The van der Waals surface area contributed by atoms with Crippen molar-refractivity contribution in [2.24, 2.45) is 11.3 Å². The molecule has 98 valence electrons. The fourth-order valence-corrected chi connectivity index (χ4v) is 2.61. The van der Waals surface area contributed by atoms with E-state index in [0.29, 0.717) is 12.5 Å². The van der Waals surface area contributed by atoms with Crippen LogP contribution < -0.4 is 5.32 Å². The molecule has 0 bridgehead atoms. The average Bonchev–Trinajstić information content (AvgIpc) is 2.76. The van der Waals surface area contributed by atoms with E-state index in [4.69, 9.17) is 4.74 Å². The third kappa shape index (κ3) is 3.20. The minimum Gasteiger partial charge on any atom is -0.465 e. The molecule has 1 saturated carbocycles. The maximum absolute atomic E-state index is 12.2. The first kappa shape index (κ1) is 14.0. The van der Waals surface area contributed by atoms with Crippen LogP contribution in [0.1, 0.15) is 46.5 Å². The first-order chi connectivity index (χ1) is 8.03. The lowest BCUT2D eigenvalue weighted by Crippen LogP contribution is -2.44. The van der Waals surface area contributed by atoms with E-state index in [1.54, 1.807) is 6.92 Å². The van der Waals surface area contributed by atoms with Gasteiger partial charge in [-0.3, -0.25) is 9.59 Å². The minimum atomic E-state index is -0.363. The van der Waals surface area contributed by atoms with Crippen molar-refractivity contribution in [1.82, 2.24) is 5.32 Å². The summed E-state index contributed by atoms with van der Waals surface area (Å²) in [6.07, 6.45) is 4.06. The zero-order valence-corrected chi connectivity index (χ0v) is 11.0. The van der Waals surface area contributed by atoms with Crippen LogP contribution in [0.5, 0.6) is 0 Å². The smallest absolute Gasteiger partial charge is 0.325 e. The van der Waals surface area contributed by atoms with E-state index >= 15 is 0 Å². The summed E-state index contributed by atoms with van der Waals surface area (Å²) in [5, 5.41) is 2.72. The van der Waals surface area contributed by atoms with Gasteiger partial charge in [0, 0.05) is 0 Å². The largest absolute Gasteiger partial charge is 0.465 e. The normalized spacial score (nSPS) is 18.1. The number of carbonyl (C=O) groups is 2. The summed E-state index contributed by atoms with van der Waals surface area (Å²) in [7, 11) is 0. The number of ether oxygens (including phenoxy) is 1. The maximum Gasteiger partial charge on any atom is 0.325 e. The molecule has 0 aromatic carbocycles. The van der Waals surface area contributed by atoms with Crippen LogP contribution in [0.3, 0.4) is 0 Å². The molecule has 4 heteroatoms. The van der Waals surface area contributed by atoms with E-state index in [-0.39, 0.29) is 23.8 Å². The zero-order valence-electron chi connectivity index (χ0n) is 11.0. The second kappa shape index (κ2) is 6.03. The highest BCUT2D eigenvalue weighted by Crippen LogP contribution is 2.44. The molecule has 0 saturated heterocycles. The van der Waals surface area contributed by atoms with Crippen molar-refractivity contribution in [2.45, 2.75) is 46.5 Å². The first-order valence-electron chi connectivity index (χ1n) is 6.47. The number of hydrogen-bond donors (Lipinski definition) is 1. The van der Waals surface area contributed by atoms with Gasteiger partial charge in [-0.1, -0.05) is 26.7 Å². The first-order valence-corrected chi connectivity index (χ1v) is 6.47. The molecule has 1 aliphatic carbocycles. The molecule has 0 unspecified atom stereocenters. The second-order valence-corrected chi connectivity index (χ2v) is 5.01. The third-order valence-corrected chi connectivity index (χ3v) is 3.75. The molecular weight excluding hydrogens is 218 g/mol. The molecule has 0 aromatic rings. The van der Waals surface area contributed by atoms with E-state index < -0.39 is 0 Å². The summed E-state index contributed by atoms with van der Waals surface area (Å²) in [6, 6.07) is 0. The Morgan fingerprint density at radius 2 is 1.88 bits per heavy atom. The Labute approximate surface area is 103 Å². The summed E-state index contributed by atoms with van der Waals surface area (Å²) in [4.78, 5) is 23.4. The Balaban J connectivity index is 2.52. The predicted octanol–water partition coefficient (Wildman–Crippen LogP) is 1.88. The molecule has 1 aliphatic rings. The van der Waals surface area contributed by atoms with Crippen molar-refractivity contribution in [3.63, 3.8) is 0 Å². The average molecular weight is 241 g/mol. The lowest BCUT2D eigenvalue weighted by atomic mass is 9.75. The van der Waals surface area contributed by atoms with Gasteiger partial charge in [0.2, 0.25) is 5.91 Å². The van der Waals surface area contributed by atoms with Crippen LogP contribution in [0.15, 0.2) is 0 Å². The summed E-state index contributed by atoms with van der Waals surface area (Å²) >= 11 is 0. The number of amides is 1. The van der Waals surface area contributed by atoms with Crippen LogP contribution in [-0.4, -0.2) is 25.0 Å². The summed E-state index contributed by atoms with van der Waals surface area (Å²) in [5.41, 5.74) is -0.271. The molecule has 1 N–H and O–H groups in total. The summed E-state index contributed by atoms with van der Waals surface area (Å²) < 4.78 is 4.79. The van der Waals surface area contributed by atoms with Gasteiger partial charge in [-0.2, -0.15) is 0 Å². The van der Waals surface area contributed by atoms with Crippen LogP contribution in [0.4, 0.5) is 0 Å². The van der Waals surface area contributed by atoms with Crippen LogP contribution in [-0.2, 0) is 14.3 Å². The van der Waals surface area contributed by atoms with Gasteiger partial charge in [0.1, 0.15) is 6.54 Å². The Morgan fingerprint density at radius 3 is 2.35 bits per heavy atom. The minimum absolute atomic E-state index is 0.0121. The molecule has 0 atom stereocenters. The number of carbonyl (C=O) groups excluding carboxylic acids is 2. The number of hydrogen-bond acceptors (Lipinski definition) is 3. The highest BCUT2D eigenvalue weighted by Gasteiger charge is 2.43. The van der Waals surface area contributed by atoms with Crippen molar-refractivity contribution in [3.8, 4) is 0 Å². The molecule has 0 spiro atoms. The maximum atomic E-state index is 12.2. The zero-order chi connectivity index (χ0) is 12.9. The highest BCUT2D eigenvalue weighted by molar-refractivity contribution is 5.86. The Kier molecular flexibility index (Phi) is 4.97. The molecule has 1 rings (SSSR count). The van der Waals surface area contributed by atoms with Gasteiger partial charge in [-0.05, 0) is 25.7 Å². The number of nitrogens with one attached hydrogen (secondary N) is 1. The van der Waals surface area contributed by atoms with Gasteiger partial charge in [0.25, 0.3) is 0 Å². The molecule has 0 heterocycles. The summed E-state index contributed by atoms with van der Waals surface area (Å²) in [6.45, 7) is 6.25. The van der Waals surface area contributed by atoms with Gasteiger partial charge < -0.3 is 10.1 Å².